The molecule has 0 aliphatic carbocycles. The Morgan fingerprint density at radius 1 is 1.24 bits per heavy atom. The van der Waals surface area contributed by atoms with Gasteiger partial charge >= 0.3 is 0 Å². The molecule has 0 N–H and O–H groups in total. The van der Waals surface area contributed by atoms with Gasteiger partial charge in [0.2, 0.25) is 0 Å². The minimum atomic E-state index is -0.169. The van der Waals surface area contributed by atoms with Crippen LogP contribution in [0.3, 0.4) is 0 Å². The van der Waals surface area contributed by atoms with Gasteiger partial charge in [0, 0.05) is 37.8 Å². The van der Waals surface area contributed by atoms with Crippen molar-refractivity contribution in [3.63, 3.8) is 0 Å². The molecule has 1 aliphatic rings. The fraction of sp³-hybridized carbons (Fsp3) is 0.929. The molecule has 0 radical (unpaired) electrons. The lowest BCUT2D eigenvalue weighted by atomic mass is 9.81. The molecule has 1 heterocycles. The van der Waals surface area contributed by atoms with Gasteiger partial charge in [-0.1, -0.05) is 13.8 Å². The Bertz CT molecular complexity index is 232. The normalized spacial score (nSPS) is 20.2. The van der Waals surface area contributed by atoms with Crippen LogP contribution in [-0.4, -0.2) is 43.5 Å². The predicted molar refractivity (Wildman–Crippen MR) is 70.1 cm³/mol. The molecule has 1 fully saturated rings. The van der Waals surface area contributed by atoms with E-state index in [1.165, 1.54) is 6.29 Å². The number of ether oxygens (including phenoxy) is 1. The van der Waals surface area contributed by atoms with E-state index in [9.17, 15) is 4.79 Å². The number of hydrogen-bond donors (Lipinski definition) is 0. The highest BCUT2D eigenvalue weighted by molar-refractivity contribution is 5.60. The lowest BCUT2D eigenvalue weighted by molar-refractivity contribution is -0.123. The third kappa shape index (κ3) is 4.40. The summed E-state index contributed by atoms with van der Waals surface area (Å²) in [4.78, 5) is 13.9. The number of hydrogen-bond acceptors (Lipinski definition) is 3. The monoisotopic (exact) mass is 241 g/mol. The van der Waals surface area contributed by atoms with E-state index in [0.717, 1.165) is 39.1 Å². The van der Waals surface area contributed by atoms with Crippen molar-refractivity contribution in [2.75, 3.05) is 26.3 Å². The summed E-state index contributed by atoms with van der Waals surface area (Å²) in [5.74, 6) is 0.640. The molecular weight excluding hydrogens is 214 g/mol. The first-order valence-electron chi connectivity index (χ1n) is 6.77. The molecule has 0 unspecified atom stereocenters. The highest BCUT2D eigenvalue weighted by atomic mass is 16.5. The van der Waals surface area contributed by atoms with Gasteiger partial charge in [-0.25, -0.2) is 0 Å². The molecule has 0 bridgehead atoms. The Morgan fingerprint density at radius 3 is 2.24 bits per heavy atom. The summed E-state index contributed by atoms with van der Waals surface area (Å²) < 4.78 is 5.37. The van der Waals surface area contributed by atoms with Crippen molar-refractivity contribution < 1.29 is 9.53 Å². The van der Waals surface area contributed by atoms with Gasteiger partial charge in [0.05, 0.1) is 0 Å². The van der Waals surface area contributed by atoms with Crippen molar-refractivity contribution in [3.05, 3.63) is 0 Å². The minimum Gasteiger partial charge on any atom is -0.381 e. The van der Waals surface area contributed by atoms with Crippen molar-refractivity contribution in [3.8, 4) is 0 Å². The van der Waals surface area contributed by atoms with Gasteiger partial charge in [-0.3, -0.25) is 4.90 Å². The number of carbonyl (C=O) groups excluding carboxylic acids is 1. The van der Waals surface area contributed by atoms with Crippen LogP contribution in [0.5, 0.6) is 0 Å². The maximum Gasteiger partial charge on any atom is 0.127 e. The van der Waals surface area contributed by atoms with Crippen LogP contribution in [0.4, 0.5) is 0 Å². The number of nitrogens with zero attached hydrogens (tertiary/aromatic N) is 1. The van der Waals surface area contributed by atoms with Gasteiger partial charge < -0.3 is 9.53 Å². The van der Waals surface area contributed by atoms with Gasteiger partial charge in [-0.15, -0.1) is 0 Å². The minimum absolute atomic E-state index is 0.169. The smallest absolute Gasteiger partial charge is 0.127 e. The number of carbonyl (C=O) groups is 1. The molecule has 1 rings (SSSR count). The first-order valence-corrected chi connectivity index (χ1v) is 6.77. The Labute approximate surface area is 106 Å². The number of rotatable bonds is 6. The van der Waals surface area contributed by atoms with E-state index >= 15 is 0 Å². The lowest BCUT2D eigenvalue weighted by Gasteiger charge is -2.39. The van der Waals surface area contributed by atoms with Gasteiger partial charge in [0.1, 0.15) is 6.29 Å². The van der Waals surface area contributed by atoms with Crippen LogP contribution in [0.25, 0.3) is 0 Å². The second-order valence-corrected chi connectivity index (χ2v) is 6.01. The Kier molecular flexibility index (Phi) is 5.60. The van der Waals surface area contributed by atoms with E-state index < -0.39 is 0 Å². The average molecular weight is 241 g/mol. The van der Waals surface area contributed by atoms with Gasteiger partial charge in [-0.2, -0.15) is 0 Å². The van der Waals surface area contributed by atoms with E-state index in [1.807, 2.05) is 0 Å². The van der Waals surface area contributed by atoms with Crippen LogP contribution in [0.15, 0.2) is 0 Å². The van der Waals surface area contributed by atoms with E-state index in [0.29, 0.717) is 12.0 Å². The van der Waals surface area contributed by atoms with E-state index in [1.54, 1.807) is 0 Å². The molecule has 0 aromatic rings. The lowest BCUT2D eigenvalue weighted by Crippen LogP contribution is -2.46. The maximum atomic E-state index is 11.4. The van der Waals surface area contributed by atoms with Gasteiger partial charge in [0.15, 0.2) is 0 Å². The number of aldehydes is 1. The SMILES string of the molecule is CC(C)CN(CC1(C=O)CCOCC1)C(C)C. The van der Waals surface area contributed by atoms with Crippen molar-refractivity contribution in [2.24, 2.45) is 11.3 Å². The fourth-order valence-corrected chi connectivity index (χ4v) is 2.42. The average Bonchev–Trinajstić information content (AvgIpc) is 2.29. The molecular formula is C14H27NO2. The molecule has 1 saturated heterocycles. The molecule has 0 atom stereocenters. The summed E-state index contributed by atoms with van der Waals surface area (Å²) in [5.41, 5.74) is -0.169. The van der Waals surface area contributed by atoms with Crippen LogP contribution >= 0.6 is 0 Å². The molecule has 100 valence electrons. The second-order valence-electron chi connectivity index (χ2n) is 6.01. The van der Waals surface area contributed by atoms with Gasteiger partial charge in [-0.05, 0) is 32.6 Å². The Hall–Kier alpha value is -0.410. The summed E-state index contributed by atoms with van der Waals surface area (Å²) >= 11 is 0. The molecule has 17 heavy (non-hydrogen) atoms. The fourth-order valence-electron chi connectivity index (χ4n) is 2.42. The first kappa shape index (κ1) is 14.7. The molecule has 3 heteroatoms. The molecule has 1 aliphatic heterocycles. The van der Waals surface area contributed by atoms with Crippen LogP contribution < -0.4 is 0 Å². The van der Waals surface area contributed by atoms with Crippen LogP contribution in [0.2, 0.25) is 0 Å². The summed E-state index contributed by atoms with van der Waals surface area (Å²) in [6, 6.07) is 0.497. The van der Waals surface area contributed by atoms with Crippen LogP contribution in [0, 0.1) is 11.3 Å². The van der Waals surface area contributed by atoms with E-state index in [-0.39, 0.29) is 5.41 Å². The topological polar surface area (TPSA) is 29.5 Å². The maximum absolute atomic E-state index is 11.4. The Balaban J connectivity index is 2.65. The second kappa shape index (κ2) is 6.50. The van der Waals surface area contributed by atoms with E-state index in [4.69, 9.17) is 4.74 Å². The summed E-state index contributed by atoms with van der Waals surface area (Å²) in [6.45, 7) is 12.3. The zero-order valence-electron chi connectivity index (χ0n) is 11.7. The summed E-state index contributed by atoms with van der Waals surface area (Å²) in [5, 5.41) is 0. The standard InChI is InChI=1S/C14H27NO2/c1-12(2)9-15(13(3)4)10-14(11-16)5-7-17-8-6-14/h11-13H,5-10H2,1-4H3. The van der Waals surface area contributed by atoms with Crippen molar-refractivity contribution in [2.45, 2.75) is 46.6 Å². The van der Waals surface area contributed by atoms with Crippen LogP contribution in [-0.2, 0) is 9.53 Å². The summed E-state index contributed by atoms with van der Waals surface area (Å²) in [6.07, 6.45) is 2.92. The molecule has 0 spiro atoms. The van der Waals surface area contributed by atoms with Crippen molar-refractivity contribution >= 4 is 6.29 Å². The highest BCUT2D eigenvalue weighted by Crippen LogP contribution is 2.30. The Morgan fingerprint density at radius 2 is 1.82 bits per heavy atom. The third-order valence-corrected chi connectivity index (χ3v) is 3.59. The summed E-state index contributed by atoms with van der Waals surface area (Å²) in [7, 11) is 0. The van der Waals surface area contributed by atoms with Crippen molar-refractivity contribution in [1.82, 2.24) is 4.90 Å². The van der Waals surface area contributed by atoms with Crippen molar-refractivity contribution in [1.29, 1.82) is 0 Å². The largest absolute Gasteiger partial charge is 0.381 e. The molecule has 0 amide bonds. The third-order valence-electron chi connectivity index (χ3n) is 3.59. The molecule has 0 aromatic carbocycles. The zero-order chi connectivity index (χ0) is 12.9. The van der Waals surface area contributed by atoms with Gasteiger partial charge in [0.25, 0.3) is 0 Å². The molecule has 0 aromatic heterocycles. The van der Waals surface area contributed by atoms with E-state index in [2.05, 4.69) is 32.6 Å². The zero-order valence-corrected chi connectivity index (χ0v) is 11.7. The first-order chi connectivity index (χ1) is 7.99. The molecule has 3 nitrogen and oxygen atoms in total. The quantitative estimate of drug-likeness (QED) is 0.669. The van der Waals surface area contributed by atoms with Crippen LogP contribution in [0.1, 0.15) is 40.5 Å². The molecule has 0 saturated carbocycles. The highest BCUT2D eigenvalue weighted by Gasteiger charge is 2.34. The predicted octanol–water partition coefficient (Wildman–Crippen LogP) is 2.35.